The molecule has 0 radical (unpaired) electrons. The summed E-state index contributed by atoms with van der Waals surface area (Å²) in [4.78, 5) is 0. The number of nitrogens with zero attached hydrogens (tertiary/aromatic N) is 1. The first-order valence-corrected chi connectivity index (χ1v) is 4.85. The highest BCUT2D eigenvalue weighted by Gasteiger charge is 2.06. The first-order chi connectivity index (χ1) is 6.13. The van der Waals surface area contributed by atoms with Crippen molar-refractivity contribution in [3.63, 3.8) is 0 Å². The molecule has 1 unspecified atom stereocenters. The van der Waals surface area contributed by atoms with Crippen LogP contribution in [-0.2, 0) is 6.42 Å². The van der Waals surface area contributed by atoms with Crippen molar-refractivity contribution in [3.05, 3.63) is 17.5 Å². The molecule has 0 bridgehead atoms. The lowest BCUT2D eigenvalue weighted by atomic mass is 10.1. The van der Waals surface area contributed by atoms with E-state index in [9.17, 15) is 0 Å². The molecule has 1 aromatic rings. The Bertz CT molecular complexity index is 252. The first-order valence-electron chi connectivity index (χ1n) is 4.85. The number of aromatic amines is 1. The predicted molar refractivity (Wildman–Crippen MR) is 54.9 cm³/mol. The summed E-state index contributed by atoms with van der Waals surface area (Å²) in [5, 5.41) is 10.5. The number of hydrogen-bond donors (Lipinski definition) is 2. The van der Waals surface area contributed by atoms with Crippen LogP contribution < -0.4 is 5.32 Å². The summed E-state index contributed by atoms with van der Waals surface area (Å²) in [6.07, 6.45) is 1.01. The fourth-order valence-electron chi connectivity index (χ4n) is 1.21. The molecule has 0 spiro atoms. The van der Waals surface area contributed by atoms with Gasteiger partial charge in [0.1, 0.15) is 0 Å². The lowest BCUT2D eigenvalue weighted by Crippen LogP contribution is -2.23. The van der Waals surface area contributed by atoms with Gasteiger partial charge in [-0.3, -0.25) is 5.10 Å². The molecule has 13 heavy (non-hydrogen) atoms. The fourth-order valence-corrected chi connectivity index (χ4v) is 1.21. The molecule has 0 saturated carbocycles. The molecule has 1 heterocycles. The Morgan fingerprint density at radius 1 is 1.46 bits per heavy atom. The van der Waals surface area contributed by atoms with Gasteiger partial charge >= 0.3 is 0 Å². The topological polar surface area (TPSA) is 40.7 Å². The summed E-state index contributed by atoms with van der Waals surface area (Å²) < 4.78 is 0. The molecule has 0 aliphatic rings. The van der Waals surface area contributed by atoms with E-state index in [0.29, 0.717) is 12.0 Å². The van der Waals surface area contributed by atoms with Gasteiger partial charge in [0, 0.05) is 18.2 Å². The molecular weight excluding hydrogens is 162 g/mol. The Morgan fingerprint density at radius 3 is 2.62 bits per heavy atom. The van der Waals surface area contributed by atoms with E-state index < -0.39 is 0 Å². The molecular formula is C10H19N3. The van der Waals surface area contributed by atoms with Crippen LogP contribution in [0.5, 0.6) is 0 Å². The largest absolute Gasteiger partial charge is 0.317 e. The van der Waals surface area contributed by atoms with E-state index in [1.54, 1.807) is 0 Å². The highest BCUT2D eigenvalue weighted by atomic mass is 15.1. The number of nitrogens with one attached hydrogen (secondary N) is 2. The number of rotatable bonds is 4. The normalized spacial score (nSPS) is 13.6. The van der Waals surface area contributed by atoms with Crippen molar-refractivity contribution < 1.29 is 0 Å². The van der Waals surface area contributed by atoms with E-state index in [-0.39, 0.29) is 0 Å². The molecule has 0 aliphatic heterocycles. The average molecular weight is 181 g/mol. The van der Waals surface area contributed by atoms with Gasteiger partial charge in [0.05, 0.1) is 5.69 Å². The lowest BCUT2D eigenvalue weighted by molar-refractivity contribution is 0.600. The fraction of sp³-hybridized carbons (Fsp3) is 0.700. The highest BCUT2D eigenvalue weighted by molar-refractivity contribution is 5.12. The molecule has 1 atom stereocenters. The van der Waals surface area contributed by atoms with Crippen molar-refractivity contribution in [1.82, 2.24) is 15.5 Å². The van der Waals surface area contributed by atoms with E-state index in [1.807, 2.05) is 7.05 Å². The predicted octanol–water partition coefficient (Wildman–Crippen LogP) is 1.68. The van der Waals surface area contributed by atoms with Crippen LogP contribution in [0.1, 0.15) is 38.1 Å². The van der Waals surface area contributed by atoms with Gasteiger partial charge < -0.3 is 5.32 Å². The van der Waals surface area contributed by atoms with Gasteiger partial charge in [0.2, 0.25) is 0 Å². The molecule has 3 heteroatoms. The van der Waals surface area contributed by atoms with Crippen LogP contribution in [0, 0.1) is 0 Å². The summed E-state index contributed by atoms with van der Waals surface area (Å²) in [5.74, 6) is 0.509. The summed E-state index contributed by atoms with van der Waals surface area (Å²) in [6, 6.07) is 2.65. The third-order valence-corrected chi connectivity index (χ3v) is 2.26. The number of aromatic nitrogens is 2. The summed E-state index contributed by atoms with van der Waals surface area (Å²) in [7, 11) is 1.98. The maximum atomic E-state index is 4.25. The zero-order valence-electron chi connectivity index (χ0n) is 8.89. The Hall–Kier alpha value is -0.830. The maximum Gasteiger partial charge on any atom is 0.0650 e. The summed E-state index contributed by atoms with van der Waals surface area (Å²) in [5.41, 5.74) is 2.36. The Kier molecular flexibility index (Phi) is 3.48. The molecule has 3 nitrogen and oxygen atoms in total. The maximum absolute atomic E-state index is 4.25. The molecule has 0 aliphatic carbocycles. The minimum Gasteiger partial charge on any atom is -0.317 e. The second-order valence-electron chi connectivity index (χ2n) is 3.87. The van der Waals surface area contributed by atoms with Crippen LogP contribution >= 0.6 is 0 Å². The summed E-state index contributed by atoms with van der Waals surface area (Å²) >= 11 is 0. The molecule has 2 N–H and O–H groups in total. The Morgan fingerprint density at radius 2 is 2.15 bits per heavy atom. The van der Waals surface area contributed by atoms with Crippen LogP contribution in [0.3, 0.4) is 0 Å². The molecule has 1 rings (SSSR count). The van der Waals surface area contributed by atoms with Gasteiger partial charge in [-0.15, -0.1) is 0 Å². The lowest BCUT2D eigenvalue weighted by Gasteiger charge is -2.06. The third kappa shape index (κ3) is 2.84. The molecule has 0 saturated heterocycles. The summed E-state index contributed by atoms with van der Waals surface area (Å²) in [6.45, 7) is 6.47. The van der Waals surface area contributed by atoms with Gasteiger partial charge in [-0.05, 0) is 26.0 Å². The van der Waals surface area contributed by atoms with E-state index in [4.69, 9.17) is 0 Å². The molecule has 0 amide bonds. The van der Waals surface area contributed by atoms with Crippen LogP contribution in [-0.4, -0.2) is 23.3 Å². The van der Waals surface area contributed by atoms with Gasteiger partial charge in [0.15, 0.2) is 0 Å². The van der Waals surface area contributed by atoms with Crippen LogP contribution in [0.2, 0.25) is 0 Å². The van der Waals surface area contributed by atoms with Crippen molar-refractivity contribution >= 4 is 0 Å². The number of likely N-dealkylation sites (N-methyl/N-ethyl adjacent to an activating group) is 1. The third-order valence-electron chi connectivity index (χ3n) is 2.26. The quantitative estimate of drug-likeness (QED) is 0.742. The van der Waals surface area contributed by atoms with Crippen LogP contribution in [0.15, 0.2) is 6.07 Å². The van der Waals surface area contributed by atoms with E-state index in [2.05, 4.69) is 42.4 Å². The second kappa shape index (κ2) is 4.42. The van der Waals surface area contributed by atoms with E-state index in [0.717, 1.165) is 12.1 Å². The zero-order valence-corrected chi connectivity index (χ0v) is 8.89. The minimum absolute atomic E-state index is 0.500. The van der Waals surface area contributed by atoms with Crippen molar-refractivity contribution in [3.8, 4) is 0 Å². The van der Waals surface area contributed by atoms with Crippen LogP contribution in [0.25, 0.3) is 0 Å². The van der Waals surface area contributed by atoms with Gasteiger partial charge in [-0.1, -0.05) is 13.8 Å². The molecule has 74 valence electrons. The van der Waals surface area contributed by atoms with E-state index >= 15 is 0 Å². The van der Waals surface area contributed by atoms with Crippen molar-refractivity contribution in [2.24, 2.45) is 0 Å². The van der Waals surface area contributed by atoms with Crippen LogP contribution in [0.4, 0.5) is 0 Å². The van der Waals surface area contributed by atoms with Crippen molar-refractivity contribution in [2.75, 3.05) is 7.05 Å². The number of hydrogen-bond acceptors (Lipinski definition) is 2. The monoisotopic (exact) mass is 181 g/mol. The van der Waals surface area contributed by atoms with Gasteiger partial charge in [0.25, 0.3) is 0 Å². The van der Waals surface area contributed by atoms with E-state index in [1.165, 1.54) is 5.69 Å². The van der Waals surface area contributed by atoms with Gasteiger partial charge in [-0.25, -0.2) is 0 Å². The number of H-pyrrole nitrogens is 1. The minimum atomic E-state index is 0.500. The molecule has 1 aromatic heterocycles. The van der Waals surface area contributed by atoms with Crippen molar-refractivity contribution in [2.45, 2.75) is 39.2 Å². The second-order valence-corrected chi connectivity index (χ2v) is 3.87. The highest BCUT2D eigenvalue weighted by Crippen LogP contribution is 2.12. The van der Waals surface area contributed by atoms with Gasteiger partial charge in [-0.2, -0.15) is 5.10 Å². The average Bonchev–Trinajstić information content (AvgIpc) is 2.52. The SMILES string of the molecule is CNC(C)Cc1cc(C(C)C)n[nH]1. The standard InChI is InChI=1S/C10H19N3/c1-7(2)10-6-9(12-13-10)5-8(3)11-4/h6-8,11H,5H2,1-4H3,(H,12,13). The smallest absolute Gasteiger partial charge is 0.0650 e. The zero-order chi connectivity index (χ0) is 9.84. The molecule has 0 aromatic carbocycles. The Balaban J connectivity index is 2.58. The Labute approximate surface area is 79.9 Å². The van der Waals surface area contributed by atoms with Crippen molar-refractivity contribution in [1.29, 1.82) is 0 Å². The molecule has 0 fully saturated rings. The first kappa shape index (κ1) is 10.3.